The van der Waals surface area contributed by atoms with Gasteiger partial charge in [-0.2, -0.15) is 0 Å². The van der Waals surface area contributed by atoms with E-state index in [0.29, 0.717) is 0 Å². The number of benzene rings is 2. The van der Waals surface area contributed by atoms with Gasteiger partial charge in [0.2, 0.25) is 0 Å². The van der Waals surface area contributed by atoms with E-state index in [1.54, 1.807) is 0 Å². The lowest BCUT2D eigenvalue weighted by atomic mass is 10.1. The Kier molecular flexibility index (Phi) is 3.79. The summed E-state index contributed by atoms with van der Waals surface area (Å²) in [5, 5.41) is 8.76. The maximum atomic E-state index is 6.12. The average molecular weight is 368 g/mol. The van der Waals surface area contributed by atoms with E-state index in [1.165, 1.54) is 0 Å². The van der Waals surface area contributed by atoms with Crippen LogP contribution in [0, 0.1) is 6.92 Å². The first-order valence-electron chi connectivity index (χ1n) is 9.24. The summed E-state index contributed by atoms with van der Waals surface area (Å²) in [7, 11) is 1.91. The minimum absolute atomic E-state index is 0.766. The molecule has 0 radical (unpaired) electrons. The number of aryl methyl sites for hydroxylation is 1. The van der Waals surface area contributed by atoms with Crippen molar-refractivity contribution in [3.63, 3.8) is 0 Å². The molecule has 5 rings (SSSR count). The number of aromatic nitrogens is 2. The number of H-pyrrole nitrogens is 1. The molecule has 0 aliphatic heterocycles. The van der Waals surface area contributed by atoms with E-state index in [-0.39, 0.29) is 0 Å². The minimum atomic E-state index is 0.766. The third-order valence-corrected chi connectivity index (χ3v) is 5.01. The number of aromatic amines is 1. The molecular formula is C23H20N4O. The Hall–Kier alpha value is -3.73. The van der Waals surface area contributed by atoms with Crippen molar-refractivity contribution < 1.29 is 4.42 Å². The van der Waals surface area contributed by atoms with Crippen molar-refractivity contribution >= 4 is 39.2 Å². The molecule has 3 N–H and O–H groups in total. The first-order valence-corrected chi connectivity index (χ1v) is 9.24. The fourth-order valence-corrected chi connectivity index (χ4v) is 3.47. The summed E-state index contributed by atoms with van der Waals surface area (Å²) in [5.41, 5.74) is 5.92. The van der Waals surface area contributed by atoms with Crippen molar-refractivity contribution in [1.82, 2.24) is 9.97 Å². The molecule has 0 unspecified atom stereocenters. The summed E-state index contributed by atoms with van der Waals surface area (Å²) in [6.07, 6.45) is 1.90. The minimum Gasteiger partial charge on any atom is -0.456 e. The van der Waals surface area contributed by atoms with Crippen LogP contribution in [0.15, 0.2) is 71.3 Å². The fraction of sp³-hybridized carbons (Fsp3) is 0.0870. The Morgan fingerprint density at radius 2 is 1.89 bits per heavy atom. The van der Waals surface area contributed by atoms with Gasteiger partial charge in [0.05, 0.1) is 0 Å². The fourth-order valence-electron chi connectivity index (χ4n) is 3.47. The maximum Gasteiger partial charge on any atom is 0.140 e. The van der Waals surface area contributed by atoms with Crippen molar-refractivity contribution in [2.75, 3.05) is 17.7 Å². The Bertz CT molecular complexity index is 1270. The van der Waals surface area contributed by atoms with Crippen molar-refractivity contribution in [3.8, 4) is 11.3 Å². The molecule has 5 heteroatoms. The van der Waals surface area contributed by atoms with Gasteiger partial charge in [-0.3, -0.25) is 0 Å². The predicted molar refractivity (Wildman–Crippen MR) is 115 cm³/mol. The molecule has 3 heterocycles. The summed E-state index contributed by atoms with van der Waals surface area (Å²) >= 11 is 0. The number of anilines is 3. The van der Waals surface area contributed by atoms with E-state index in [2.05, 4.69) is 52.9 Å². The summed E-state index contributed by atoms with van der Waals surface area (Å²) in [4.78, 5) is 7.96. The zero-order valence-corrected chi connectivity index (χ0v) is 15.7. The van der Waals surface area contributed by atoms with Crippen molar-refractivity contribution in [2.24, 2.45) is 0 Å². The van der Waals surface area contributed by atoms with Gasteiger partial charge < -0.3 is 20.0 Å². The Morgan fingerprint density at radius 1 is 1.00 bits per heavy atom. The lowest BCUT2D eigenvalue weighted by Crippen LogP contribution is -1.98. The second kappa shape index (κ2) is 6.46. The molecule has 2 aromatic carbocycles. The van der Waals surface area contributed by atoms with Crippen LogP contribution in [-0.2, 0) is 0 Å². The molecule has 0 amide bonds. The van der Waals surface area contributed by atoms with Gasteiger partial charge in [-0.25, -0.2) is 4.98 Å². The van der Waals surface area contributed by atoms with E-state index >= 15 is 0 Å². The van der Waals surface area contributed by atoms with Crippen LogP contribution in [0.3, 0.4) is 0 Å². The Labute approximate surface area is 162 Å². The van der Waals surface area contributed by atoms with E-state index in [0.717, 1.165) is 56.1 Å². The summed E-state index contributed by atoms with van der Waals surface area (Å²) in [6.45, 7) is 2.08. The van der Waals surface area contributed by atoms with Gasteiger partial charge in [0, 0.05) is 41.0 Å². The summed E-state index contributed by atoms with van der Waals surface area (Å²) < 4.78 is 6.12. The highest BCUT2D eigenvalue weighted by Crippen LogP contribution is 2.35. The van der Waals surface area contributed by atoms with Crippen LogP contribution in [0.1, 0.15) is 5.56 Å². The van der Waals surface area contributed by atoms with Gasteiger partial charge in [0.25, 0.3) is 0 Å². The van der Waals surface area contributed by atoms with Crippen LogP contribution in [0.4, 0.5) is 17.2 Å². The highest BCUT2D eigenvalue weighted by Gasteiger charge is 2.14. The van der Waals surface area contributed by atoms with E-state index in [9.17, 15) is 0 Å². The number of hydrogen-bond donors (Lipinski definition) is 3. The number of rotatable bonds is 4. The second-order valence-corrected chi connectivity index (χ2v) is 6.85. The number of nitrogens with zero attached hydrogens (tertiary/aromatic N) is 1. The zero-order valence-electron chi connectivity index (χ0n) is 15.7. The molecule has 3 aromatic heterocycles. The highest BCUT2D eigenvalue weighted by atomic mass is 16.3. The number of furan rings is 1. The smallest absolute Gasteiger partial charge is 0.140 e. The standard InChI is InChI=1S/C23H20N4O/c1-14-7-8-16(24-2)12-19(14)26-22-13-18(17-9-10-25-23(17)27-22)21-11-15-5-3-4-6-20(15)28-21/h3-13,24H,1-2H3,(H2,25,26,27). The number of para-hydroxylation sites is 1. The monoisotopic (exact) mass is 368 g/mol. The molecule has 5 nitrogen and oxygen atoms in total. The van der Waals surface area contributed by atoms with Crippen LogP contribution >= 0.6 is 0 Å². The molecule has 5 aromatic rings. The predicted octanol–water partition coefficient (Wildman–Crippen LogP) is 6.07. The lowest BCUT2D eigenvalue weighted by Gasteiger charge is -2.12. The molecule has 0 atom stereocenters. The molecule has 138 valence electrons. The molecule has 0 saturated heterocycles. The van der Waals surface area contributed by atoms with Gasteiger partial charge in [0.1, 0.15) is 22.8 Å². The van der Waals surface area contributed by atoms with E-state index in [4.69, 9.17) is 9.40 Å². The second-order valence-electron chi connectivity index (χ2n) is 6.85. The van der Waals surface area contributed by atoms with Crippen LogP contribution < -0.4 is 10.6 Å². The topological polar surface area (TPSA) is 65.9 Å². The van der Waals surface area contributed by atoms with Crippen LogP contribution in [0.2, 0.25) is 0 Å². The van der Waals surface area contributed by atoms with Gasteiger partial charge in [0.15, 0.2) is 0 Å². The summed E-state index contributed by atoms with van der Waals surface area (Å²) in [6, 6.07) is 20.4. The van der Waals surface area contributed by atoms with Gasteiger partial charge in [-0.1, -0.05) is 24.3 Å². The highest BCUT2D eigenvalue weighted by molar-refractivity contribution is 5.96. The van der Waals surface area contributed by atoms with Crippen LogP contribution in [0.5, 0.6) is 0 Å². The molecule has 0 saturated carbocycles. The molecule has 0 spiro atoms. The van der Waals surface area contributed by atoms with Crippen molar-refractivity contribution in [3.05, 3.63) is 72.4 Å². The first-order chi connectivity index (χ1) is 13.7. The summed E-state index contributed by atoms with van der Waals surface area (Å²) in [5.74, 6) is 1.60. The molecule has 0 aliphatic rings. The molecular weight excluding hydrogens is 348 g/mol. The number of hydrogen-bond acceptors (Lipinski definition) is 4. The van der Waals surface area contributed by atoms with Crippen molar-refractivity contribution in [1.29, 1.82) is 0 Å². The van der Waals surface area contributed by atoms with Gasteiger partial charge >= 0.3 is 0 Å². The number of fused-ring (bicyclic) bond motifs is 2. The Morgan fingerprint density at radius 3 is 2.75 bits per heavy atom. The average Bonchev–Trinajstić information content (AvgIpc) is 3.35. The normalized spacial score (nSPS) is 11.2. The SMILES string of the molecule is CNc1ccc(C)c(Nc2cc(-c3cc4ccccc4o3)c3cc[nH]c3n2)c1. The molecule has 0 bridgehead atoms. The first kappa shape index (κ1) is 16.4. The van der Waals surface area contributed by atoms with Crippen LogP contribution in [-0.4, -0.2) is 17.0 Å². The third kappa shape index (κ3) is 2.77. The number of nitrogens with one attached hydrogen (secondary N) is 3. The van der Waals surface area contributed by atoms with Crippen molar-refractivity contribution in [2.45, 2.75) is 6.92 Å². The third-order valence-electron chi connectivity index (χ3n) is 5.01. The number of pyridine rings is 1. The lowest BCUT2D eigenvalue weighted by molar-refractivity contribution is 0.632. The van der Waals surface area contributed by atoms with Gasteiger partial charge in [-0.05, 0) is 48.9 Å². The van der Waals surface area contributed by atoms with Crippen LogP contribution in [0.25, 0.3) is 33.3 Å². The quantitative estimate of drug-likeness (QED) is 0.360. The largest absolute Gasteiger partial charge is 0.456 e. The maximum absolute atomic E-state index is 6.12. The van der Waals surface area contributed by atoms with E-state index < -0.39 is 0 Å². The molecule has 0 fully saturated rings. The Balaban J connectivity index is 1.63. The zero-order chi connectivity index (χ0) is 19.1. The van der Waals surface area contributed by atoms with E-state index in [1.807, 2.05) is 43.6 Å². The molecule has 0 aliphatic carbocycles. The molecule has 28 heavy (non-hydrogen) atoms. The van der Waals surface area contributed by atoms with Gasteiger partial charge in [-0.15, -0.1) is 0 Å².